The van der Waals surface area contributed by atoms with E-state index in [2.05, 4.69) is 20.6 Å². The lowest BCUT2D eigenvalue weighted by Crippen LogP contribution is -2.15. The second-order valence-corrected chi connectivity index (χ2v) is 8.71. The molecule has 5 rings (SSSR count). The average molecular weight is 474 g/mol. The molecule has 0 saturated heterocycles. The Bertz CT molecular complexity index is 1540. The normalized spacial score (nSPS) is 11.1. The summed E-state index contributed by atoms with van der Waals surface area (Å²) in [5.74, 6) is 0.386. The van der Waals surface area contributed by atoms with Crippen LogP contribution in [0.15, 0.2) is 65.6 Å². The molecule has 0 saturated carbocycles. The first kappa shape index (κ1) is 21.5. The van der Waals surface area contributed by atoms with Crippen molar-refractivity contribution in [3.8, 4) is 28.3 Å². The van der Waals surface area contributed by atoms with Gasteiger partial charge in [-0.25, -0.2) is 9.89 Å². The molecule has 5 aromatic rings. The molecule has 0 unspecified atom stereocenters. The van der Waals surface area contributed by atoms with Crippen LogP contribution in [-0.2, 0) is 13.0 Å². The highest BCUT2D eigenvalue weighted by Crippen LogP contribution is 2.31. The molecule has 34 heavy (non-hydrogen) atoms. The van der Waals surface area contributed by atoms with Crippen molar-refractivity contribution >= 4 is 27.7 Å². The van der Waals surface area contributed by atoms with Crippen LogP contribution < -0.4 is 10.2 Å². The smallest absolute Gasteiger partial charge is 0.449 e. The van der Waals surface area contributed by atoms with Crippen molar-refractivity contribution in [1.82, 2.24) is 25.2 Å². The number of rotatable bonds is 6. The minimum atomic E-state index is -1.51. The molecule has 0 spiro atoms. The average Bonchev–Trinajstić information content (AvgIpc) is 3.53. The number of ether oxygens (including phenoxy) is 1. The highest BCUT2D eigenvalue weighted by molar-refractivity contribution is 7.18. The first-order valence-electron chi connectivity index (χ1n) is 10.5. The number of carbonyl (C=O) groups is 1. The Morgan fingerprint density at radius 2 is 1.91 bits per heavy atom. The number of benzene rings is 2. The topological polar surface area (TPSA) is 123 Å². The van der Waals surface area contributed by atoms with Crippen LogP contribution in [0.3, 0.4) is 0 Å². The van der Waals surface area contributed by atoms with Crippen molar-refractivity contribution in [3.05, 3.63) is 81.5 Å². The van der Waals surface area contributed by atoms with Crippen LogP contribution in [0, 0.1) is 0 Å². The minimum absolute atomic E-state index is 0.202. The summed E-state index contributed by atoms with van der Waals surface area (Å²) in [5, 5.41) is 23.7. The highest BCUT2D eigenvalue weighted by Gasteiger charge is 2.16. The van der Waals surface area contributed by atoms with Gasteiger partial charge in [0.15, 0.2) is 11.6 Å². The molecule has 0 aliphatic carbocycles. The molecule has 0 aliphatic rings. The number of aryl methyl sites for hydroxylation is 1. The van der Waals surface area contributed by atoms with Gasteiger partial charge < -0.3 is 14.4 Å². The number of nitrogens with zero attached hydrogens (tertiary/aromatic N) is 4. The van der Waals surface area contributed by atoms with Crippen LogP contribution in [0.4, 0.5) is 4.79 Å². The van der Waals surface area contributed by atoms with Gasteiger partial charge in [-0.1, -0.05) is 55.5 Å². The Morgan fingerprint density at radius 1 is 1.15 bits per heavy atom. The molecular formula is C24H19N5O4S. The number of thiophene rings is 1. The Balaban J connectivity index is 1.51. The Labute approximate surface area is 197 Å². The van der Waals surface area contributed by atoms with Gasteiger partial charge >= 0.3 is 6.16 Å². The zero-order chi connectivity index (χ0) is 23.7. The Kier molecular flexibility index (Phi) is 5.64. The molecular weight excluding hydrogens is 454 g/mol. The molecule has 170 valence electrons. The van der Waals surface area contributed by atoms with Crippen LogP contribution in [0.1, 0.15) is 17.4 Å². The number of carboxylic acid groups (broad SMARTS) is 1. The zero-order valence-electron chi connectivity index (χ0n) is 18.1. The van der Waals surface area contributed by atoms with E-state index in [4.69, 9.17) is 9.84 Å². The first-order valence-corrected chi connectivity index (χ1v) is 11.3. The lowest BCUT2D eigenvalue weighted by molar-refractivity contribution is 0.144. The van der Waals surface area contributed by atoms with Crippen molar-refractivity contribution < 1.29 is 14.6 Å². The molecule has 0 amide bonds. The van der Waals surface area contributed by atoms with Gasteiger partial charge in [-0.2, -0.15) is 0 Å². The SMILES string of the molecule is CCc1cc2c(=O)c(OC(=O)O)cn(Cc3ccc(-c4ccccc4-c4nnn[nH]4)cc3)c2s1. The summed E-state index contributed by atoms with van der Waals surface area (Å²) >= 11 is 1.52. The second kappa shape index (κ2) is 8.91. The molecule has 3 aromatic heterocycles. The first-order chi connectivity index (χ1) is 16.5. The number of tetrazole rings is 1. The van der Waals surface area contributed by atoms with E-state index < -0.39 is 11.6 Å². The van der Waals surface area contributed by atoms with Crippen molar-refractivity contribution in [1.29, 1.82) is 0 Å². The van der Waals surface area contributed by atoms with E-state index in [-0.39, 0.29) is 5.75 Å². The van der Waals surface area contributed by atoms with Gasteiger partial charge in [0, 0.05) is 17.0 Å². The Morgan fingerprint density at radius 3 is 2.59 bits per heavy atom. The molecule has 0 aliphatic heterocycles. The molecule has 2 aromatic carbocycles. The van der Waals surface area contributed by atoms with E-state index in [1.165, 1.54) is 17.5 Å². The summed E-state index contributed by atoms with van der Waals surface area (Å²) in [5.41, 5.74) is 3.45. The van der Waals surface area contributed by atoms with Crippen molar-refractivity contribution in [2.45, 2.75) is 19.9 Å². The fourth-order valence-corrected chi connectivity index (χ4v) is 4.92. The minimum Gasteiger partial charge on any atom is -0.449 e. The zero-order valence-corrected chi connectivity index (χ0v) is 18.9. The summed E-state index contributed by atoms with van der Waals surface area (Å²) in [7, 11) is 0. The largest absolute Gasteiger partial charge is 0.511 e. The van der Waals surface area contributed by atoms with Crippen LogP contribution in [0.5, 0.6) is 5.75 Å². The molecule has 9 nitrogen and oxygen atoms in total. The summed E-state index contributed by atoms with van der Waals surface area (Å²) in [6.45, 7) is 2.46. The quantitative estimate of drug-likeness (QED) is 0.346. The van der Waals surface area contributed by atoms with Gasteiger partial charge in [0.05, 0.1) is 11.6 Å². The number of nitrogens with one attached hydrogen (secondary N) is 1. The van der Waals surface area contributed by atoms with Crippen molar-refractivity contribution in [2.24, 2.45) is 0 Å². The van der Waals surface area contributed by atoms with Crippen LogP contribution in [-0.4, -0.2) is 36.5 Å². The fraction of sp³-hybridized carbons (Fsp3) is 0.125. The number of fused-ring (bicyclic) bond motifs is 1. The second-order valence-electron chi connectivity index (χ2n) is 7.60. The number of H-pyrrole nitrogens is 1. The summed E-state index contributed by atoms with van der Waals surface area (Å²) in [6, 6.07) is 17.7. The lowest BCUT2D eigenvalue weighted by Gasteiger charge is -2.12. The van der Waals surface area contributed by atoms with Gasteiger partial charge in [-0.15, -0.1) is 16.4 Å². The van der Waals surface area contributed by atoms with Crippen LogP contribution in [0.25, 0.3) is 32.7 Å². The van der Waals surface area contributed by atoms with Crippen molar-refractivity contribution in [3.63, 3.8) is 0 Å². The predicted molar refractivity (Wildman–Crippen MR) is 128 cm³/mol. The molecule has 10 heteroatoms. The number of pyridine rings is 1. The predicted octanol–water partition coefficient (Wildman–Crippen LogP) is 4.58. The fourth-order valence-electron chi connectivity index (χ4n) is 3.86. The maximum atomic E-state index is 12.7. The third-order valence-electron chi connectivity index (χ3n) is 5.46. The van der Waals surface area contributed by atoms with E-state index in [1.807, 2.05) is 66.1 Å². The monoisotopic (exact) mass is 473 g/mol. The molecule has 3 heterocycles. The highest BCUT2D eigenvalue weighted by atomic mass is 32.1. The third kappa shape index (κ3) is 4.06. The van der Waals surface area contributed by atoms with Gasteiger partial charge in [0.1, 0.15) is 4.83 Å². The number of aromatic nitrogens is 5. The van der Waals surface area contributed by atoms with E-state index in [0.29, 0.717) is 17.8 Å². The summed E-state index contributed by atoms with van der Waals surface area (Å²) < 4.78 is 6.63. The summed E-state index contributed by atoms with van der Waals surface area (Å²) in [6.07, 6.45) is 0.733. The van der Waals surface area contributed by atoms with Crippen LogP contribution in [0.2, 0.25) is 0 Å². The van der Waals surface area contributed by atoms with E-state index in [0.717, 1.165) is 38.4 Å². The maximum Gasteiger partial charge on any atom is 0.511 e. The number of aromatic amines is 1. The van der Waals surface area contributed by atoms with E-state index in [9.17, 15) is 9.59 Å². The maximum absolute atomic E-state index is 12.7. The number of hydrogen-bond donors (Lipinski definition) is 2. The van der Waals surface area contributed by atoms with Crippen molar-refractivity contribution in [2.75, 3.05) is 0 Å². The van der Waals surface area contributed by atoms with E-state index >= 15 is 0 Å². The molecule has 0 fully saturated rings. The molecule has 0 bridgehead atoms. The lowest BCUT2D eigenvalue weighted by atomic mass is 9.98. The Hall–Kier alpha value is -4.31. The van der Waals surface area contributed by atoms with E-state index in [1.54, 1.807) is 0 Å². The standard InChI is InChI=1S/C24H19N5O4S/c1-2-16-11-19-21(30)20(33-24(31)32)13-29(23(19)34-16)12-14-7-9-15(10-8-14)17-5-3-4-6-18(17)22-25-27-28-26-22/h3-11,13H,2,12H2,1H3,(H,31,32)(H,25,26,27,28). The van der Waals surface area contributed by atoms with Crippen LogP contribution >= 0.6 is 11.3 Å². The van der Waals surface area contributed by atoms with Gasteiger partial charge in [-0.05, 0) is 39.6 Å². The molecule has 2 N–H and O–H groups in total. The van der Waals surface area contributed by atoms with Gasteiger partial charge in [0.2, 0.25) is 5.43 Å². The van der Waals surface area contributed by atoms with Gasteiger partial charge in [0.25, 0.3) is 0 Å². The summed E-state index contributed by atoms with van der Waals surface area (Å²) in [4.78, 5) is 25.6. The third-order valence-corrected chi connectivity index (χ3v) is 6.77. The molecule has 0 radical (unpaired) electrons. The molecule has 0 atom stereocenters. The number of hydrogen-bond acceptors (Lipinski definition) is 7. The van der Waals surface area contributed by atoms with Gasteiger partial charge in [-0.3, -0.25) is 4.79 Å².